The Hall–Kier alpha value is -1.07. The molecule has 0 fully saturated rings. The Balaban J connectivity index is 0.000000791. The molecule has 8 nitrogen and oxygen atoms in total. The van der Waals surface area contributed by atoms with Gasteiger partial charge in [0, 0.05) is 38.1 Å². The van der Waals surface area contributed by atoms with Crippen molar-refractivity contribution in [2.75, 3.05) is 0 Å². The van der Waals surface area contributed by atoms with E-state index in [1.165, 1.54) is 6.07 Å². The van der Waals surface area contributed by atoms with Crippen LogP contribution in [0.3, 0.4) is 0 Å². The van der Waals surface area contributed by atoms with Crippen molar-refractivity contribution in [2.24, 2.45) is 0 Å². The molecule has 0 bridgehead atoms. The average Bonchev–Trinajstić information content (AvgIpc) is 2.31. The number of rotatable bonds is 1. The normalized spacial score (nSPS) is 10.3. The number of hydrogen-bond acceptors (Lipinski definition) is 6. The van der Waals surface area contributed by atoms with Gasteiger partial charge in [-0.3, -0.25) is 4.55 Å². The van der Waals surface area contributed by atoms with Crippen molar-refractivity contribution in [3.63, 3.8) is 0 Å². The van der Waals surface area contributed by atoms with Crippen molar-refractivity contribution in [1.29, 1.82) is 0 Å². The Bertz CT molecular complexity index is 901. The fraction of sp³-hybridized carbons (Fsp3) is 0.0909. The van der Waals surface area contributed by atoms with Crippen LogP contribution in [0.1, 0.15) is 5.56 Å². The Morgan fingerprint density at radius 1 is 1.14 bits per heavy atom. The summed E-state index contributed by atoms with van der Waals surface area (Å²) in [5.41, 5.74) is 8.15. The monoisotopic (exact) mass is 421 g/mol. The van der Waals surface area contributed by atoms with E-state index in [2.05, 4.69) is 0 Å². The van der Waals surface area contributed by atoms with Crippen molar-refractivity contribution in [2.45, 2.75) is 11.8 Å². The van der Waals surface area contributed by atoms with Gasteiger partial charge in [0.05, 0.1) is 4.90 Å². The van der Waals surface area contributed by atoms with E-state index in [1.54, 1.807) is 19.1 Å². The van der Waals surface area contributed by atoms with E-state index in [4.69, 9.17) is 22.9 Å². The maximum atomic E-state index is 11.0. The molecule has 3 N–H and O–H groups in total. The fourth-order valence-corrected chi connectivity index (χ4v) is 2.22. The molecule has 0 spiro atoms. The summed E-state index contributed by atoms with van der Waals surface area (Å²) >= 11 is 0. The van der Waals surface area contributed by atoms with E-state index in [1.807, 2.05) is 0 Å². The molecule has 117 valence electrons. The molecule has 0 aliphatic rings. The molecule has 0 unspecified atom stereocenters. The molecule has 0 atom stereocenters. The summed E-state index contributed by atoms with van der Waals surface area (Å²) in [6.07, 6.45) is 0. The fourth-order valence-electron chi connectivity index (χ4n) is 1.67. The van der Waals surface area contributed by atoms with Crippen LogP contribution in [-0.2, 0) is 53.4 Å². The maximum Gasteiger partial charge on any atom is 0.425 e. The van der Waals surface area contributed by atoms with E-state index >= 15 is 0 Å². The van der Waals surface area contributed by atoms with Gasteiger partial charge in [0.1, 0.15) is 5.75 Å². The van der Waals surface area contributed by atoms with Crippen molar-refractivity contribution in [1.82, 2.24) is 0 Å². The molecule has 0 saturated carbocycles. The predicted octanol–water partition coefficient (Wildman–Crippen LogP) is 1.78. The predicted molar refractivity (Wildman–Crippen MR) is 73.8 cm³/mol. The van der Waals surface area contributed by atoms with Gasteiger partial charge in [0.2, 0.25) is 0 Å². The van der Waals surface area contributed by atoms with Crippen LogP contribution in [0.4, 0.5) is 5.69 Å². The molecule has 0 aliphatic heterocycles. The Labute approximate surface area is 153 Å². The van der Waals surface area contributed by atoms with E-state index in [-0.39, 0.29) is 54.4 Å². The van der Waals surface area contributed by atoms with Gasteiger partial charge in [-0.15, -0.1) is 18.3 Å². The smallest absolute Gasteiger partial charge is 0.425 e. The summed E-state index contributed by atoms with van der Waals surface area (Å²) in [5.74, 6) is -0.0469. The van der Waals surface area contributed by atoms with Gasteiger partial charge in [-0.2, -0.15) is 8.42 Å². The van der Waals surface area contributed by atoms with Crippen LogP contribution in [0.15, 0.2) is 29.2 Å². The number of phenolic OH excluding ortho intramolecular Hbond substituents is 1. The zero-order valence-electron chi connectivity index (χ0n) is 11.1. The van der Waals surface area contributed by atoms with Crippen LogP contribution in [0.5, 0.6) is 5.75 Å². The quantitative estimate of drug-likeness (QED) is 0.667. The molecule has 11 heteroatoms. The molecule has 0 aromatic heterocycles. The van der Waals surface area contributed by atoms with Gasteiger partial charge in [0.15, 0.2) is 0 Å². The SMILES string of the molecule is Cc1ccc2cc(S(=O)(=O)O)cc([NH-])c2c1O.O=S(=O)=O.[Y]. The molecule has 0 saturated heterocycles. The van der Waals surface area contributed by atoms with Gasteiger partial charge in [-0.05, 0) is 23.9 Å². The maximum absolute atomic E-state index is 11.0. The van der Waals surface area contributed by atoms with Crippen LogP contribution >= 0.6 is 0 Å². The Kier molecular flexibility index (Phi) is 7.59. The second-order valence-corrected chi connectivity index (χ2v) is 5.81. The molecule has 0 heterocycles. The van der Waals surface area contributed by atoms with Crippen LogP contribution in [0.25, 0.3) is 16.5 Å². The first kappa shape index (κ1) is 20.9. The summed E-state index contributed by atoms with van der Waals surface area (Å²) in [5, 5.41) is 10.5. The molecule has 1 radical (unpaired) electrons. The molecule has 0 aliphatic carbocycles. The molecule has 2 rings (SSSR count). The van der Waals surface area contributed by atoms with Crippen LogP contribution < -0.4 is 0 Å². The summed E-state index contributed by atoms with van der Waals surface area (Å²) in [4.78, 5) is -0.349. The van der Waals surface area contributed by atoms with E-state index in [9.17, 15) is 13.5 Å². The topological polar surface area (TPSA) is 150 Å². The van der Waals surface area contributed by atoms with Crippen molar-refractivity contribution in [3.8, 4) is 5.75 Å². The summed E-state index contributed by atoms with van der Waals surface area (Å²) in [6, 6.07) is 5.45. The summed E-state index contributed by atoms with van der Waals surface area (Å²) in [7, 11) is -7.45. The number of nitrogens with one attached hydrogen (secondary N) is 1. The van der Waals surface area contributed by atoms with E-state index in [0.717, 1.165) is 6.07 Å². The minimum Gasteiger partial charge on any atom is -0.698 e. The van der Waals surface area contributed by atoms with Crippen molar-refractivity contribution in [3.05, 3.63) is 35.6 Å². The minimum atomic E-state index is -4.34. The number of hydrogen-bond donors (Lipinski definition) is 2. The van der Waals surface area contributed by atoms with Gasteiger partial charge in [-0.1, -0.05) is 18.2 Å². The number of phenols is 1. The van der Waals surface area contributed by atoms with Gasteiger partial charge >= 0.3 is 10.6 Å². The van der Waals surface area contributed by atoms with E-state index < -0.39 is 20.7 Å². The van der Waals surface area contributed by atoms with Gasteiger partial charge in [0.25, 0.3) is 10.1 Å². The number of fused-ring (bicyclic) bond motifs is 1. The third-order valence-corrected chi connectivity index (χ3v) is 3.39. The molecular formula is C11H10NO7S2Y-. The second kappa shape index (κ2) is 7.98. The average molecular weight is 421 g/mol. The van der Waals surface area contributed by atoms with Crippen molar-refractivity contribution >= 4 is 37.2 Å². The first-order valence-corrected chi connectivity index (χ1v) is 7.70. The Morgan fingerprint density at radius 2 is 1.64 bits per heavy atom. The largest absolute Gasteiger partial charge is 0.698 e. The van der Waals surface area contributed by atoms with Crippen LogP contribution in [0.2, 0.25) is 0 Å². The second-order valence-electron chi connectivity index (χ2n) is 3.98. The third-order valence-electron chi connectivity index (χ3n) is 2.56. The zero-order chi connectivity index (χ0) is 16.4. The van der Waals surface area contributed by atoms with Crippen LogP contribution in [-0.4, -0.2) is 30.7 Å². The summed E-state index contributed by atoms with van der Waals surface area (Å²) in [6.45, 7) is 1.69. The molecule has 2 aromatic rings. The minimum absolute atomic E-state index is 0. The standard InChI is InChI=1S/C11H10NO4S.O3S.Y/c1-6-2-3-7-4-8(17(14,15)16)5-9(12)10(7)11(6)13;1-4(2)3;/h2-5,12-13H,1H3,(H,14,15,16);;/q-1;;. The van der Waals surface area contributed by atoms with Gasteiger partial charge in [-0.25, -0.2) is 0 Å². The first-order valence-electron chi connectivity index (χ1n) is 5.26. The Morgan fingerprint density at radius 3 is 2.09 bits per heavy atom. The van der Waals surface area contributed by atoms with Crippen molar-refractivity contribution < 1.29 is 63.4 Å². The number of aryl methyl sites for hydroxylation is 1. The number of benzene rings is 2. The molecule has 22 heavy (non-hydrogen) atoms. The van der Waals surface area contributed by atoms with Crippen LogP contribution in [0, 0.1) is 6.92 Å². The first-order chi connectivity index (χ1) is 9.54. The third kappa shape index (κ3) is 5.29. The van der Waals surface area contributed by atoms with E-state index in [0.29, 0.717) is 10.9 Å². The molecular weight excluding hydrogens is 411 g/mol. The number of aromatic hydroxyl groups is 1. The summed E-state index contributed by atoms with van der Waals surface area (Å²) < 4.78 is 56.2. The van der Waals surface area contributed by atoms with Gasteiger partial charge < -0.3 is 10.8 Å². The molecule has 0 amide bonds. The zero-order valence-corrected chi connectivity index (χ0v) is 15.6. The molecule has 2 aromatic carbocycles.